The number of rotatable bonds is 7. The quantitative estimate of drug-likeness (QED) is 0.429. The van der Waals surface area contributed by atoms with Gasteiger partial charge in [0, 0.05) is 22.6 Å². The topological polar surface area (TPSA) is 29.0 Å². The summed E-state index contributed by atoms with van der Waals surface area (Å²) in [7, 11) is 0. The zero-order valence-corrected chi connectivity index (χ0v) is 14.5. The Hall–Kier alpha value is -0.360. The highest BCUT2D eigenvalue weighted by molar-refractivity contribution is 7.99. The fourth-order valence-corrected chi connectivity index (χ4v) is 4.32. The number of aryl methyl sites for hydroxylation is 1. The van der Waals surface area contributed by atoms with Crippen LogP contribution in [0.15, 0.2) is 11.1 Å². The average molecular weight is 330 g/mol. The van der Waals surface area contributed by atoms with Gasteiger partial charge in [0.05, 0.1) is 0 Å². The van der Waals surface area contributed by atoms with Crippen LogP contribution in [0.4, 0.5) is 0 Å². The molecule has 2 aromatic rings. The van der Waals surface area contributed by atoms with Gasteiger partial charge < -0.3 is 4.90 Å². The maximum atomic E-state index is 6.03. The highest BCUT2D eigenvalue weighted by Crippen LogP contribution is 2.32. The summed E-state index contributed by atoms with van der Waals surface area (Å²) in [5.74, 6) is 1.03. The Morgan fingerprint density at radius 1 is 1.25 bits per heavy atom. The molecule has 3 nitrogen and oxygen atoms in total. The zero-order valence-electron chi connectivity index (χ0n) is 12.1. The summed E-state index contributed by atoms with van der Waals surface area (Å²) in [6.45, 7) is 9.81. The van der Waals surface area contributed by atoms with Crippen molar-refractivity contribution in [3.63, 3.8) is 0 Å². The van der Waals surface area contributed by atoms with Crippen LogP contribution in [0.25, 0.3) is 10.2 Å². The van der Waals surface area contributed by atoms with Gasteiger partial charge in [0.15, 0.2) is 0 Å². The Balaban J connectivity index is 2.14. The van der Waals surface area contributed by atoms with E-state index in [9.17, 15) is 0 Å². The van der Waals surface area contributed by atoms with Gasteiger partial charge in [0.25, 0.3) is 0 Å². The van der Waals surface area contributed by atoms with Crippen molar-refractivity contribution < 1.29 is 0 Å². The molecule has 0 N–H and O–H groups in total. The van der Waals surface area contributed by atoms with E-state index in [0.29, 0.717) is 5.28 Å². The van der Waals surface area contributed by atoms with Crippen LogP contribution in [0, 0.1) is 0 Å². The molecule has 6 heteroatoms. The SMILES string of the molecule is CCc1cc2c(SCCN(CC)CC)nc(Cl)nc2s1. The standard InChI is InChI=1S/C14H20ClN3S2/c1-4-10-9-11-12(16-14(15)17-13(11)20-10)19-8-7-18(5-2)6-3/h9H,4-8H2,1-3H3. The summed E-state index contributed by atoms with van der Waals surface area (Å²) in [6, 6.07) is 2.20. The average Bonchev–Trinajstić information content (AvgIpc) is 2.86. The number of fused-ring (bicyclic) bond motifs is 1. The predicted octanol–water partition coefficient (Wildman–Crippen LogP) is 4.34. The van der Waals surface area contributed by atoms with Crippen molar-refractivity contribution in [3.05, 3.63) is 16.2 Å². The van der Waals surface area contributed by atoms with Crippen molar-refractivity contribution in [2.45, 2.75) is 32.2 Å². The monoisotopic (exact) mass is 329 g/mol. The summed E-state index contributed by atoms with van der Waals surface area (Å²) in [5.41, 5.74) is 0. The molecule has 110 valence electrons. The lowest BCUT2D eigenvalue weighted by Crippen LogP contribution is -2.25. The van der Waals surface area contributed by atoms with Crippen LogP contribution in [0.1, 0.15) is 25.6 Å². The summed E-state index contributed by atoms with van der Waals surface area (Å²) in [6.07, 6.45) is 1.03. The number of hydrogen-bond acceptors (Lipinski definition) is 5. The molecule has 2 aromatic heterocycles. The van der Waals surface area contributed by atoms with Crippen LogP contribution in [-0.2, 0) is 6.42 Å². The van der Waals surface area contributed by atoms with E-state index in [-0.39, 0.29) is 0 Å². The summed E-state index contributed by atoms with van der Waals surface area (Å²) < 4.78 is 0. The third-order valence-electron chi connectivity index (χ3n) is 3.27. The molecule has 0 aliphatic carbocycles. The number of thiophene rings is 1. The Kier molecular flexibility index (Phi) is 6.08. The second-order valence-electron chi connectivity index (χ2n) is 4.46. The molecule has 20 heavy (non-hydrogen) atoms. The van der Waals surface area contributed by atoms with Crippen LogP contribution < -0.4 is 0 Å². The highest BCUT2D eigenvalue weighted by atomic mass is 35.5. The first kappa shape index (κ1) is 16.0. The molecule has 0 atom stereocenters. The normalized spacial score (nSPS) is 11.7. The lowest BCUT2D eigenvalue weighted by atomic mass is 10.3. The summed E-state index contributed by atoms with van der Waals surface area (Å²) >= 11 is 9.52. The van der Waals surface area contributed by atoms with E-state index >= 15 is 0 Å². The van der Waals surface area contributed by atoms with E-state index in [2.05, 4.69) is 41.7 Å². The van der Waals surface area contributed by atoms with E-state index in [1.54, 1.807) is 23.1 Å². The molecule has 2 rings (SSSR count). The van der Waals surface area contributed by atoms with Gasteiger partial charge in [0.1, 0.15) is 9.86 Å². The lowest BCUT2D eigenvalue weighted by molar-refractivity contribution is 0.324. The van der Waals surface area contributed by atoms with Crippen molar-refractivity contribution in [3.8, 4) is 0 Å². The smallest absolute Gasteiger partial charge is 0.224 e. The first-order valence-corrected chi connectivity index (χ1v) is 9.17. The first-order valence-electron chi connectivity index (χ1n) is 6.99. The van der Waals surface area contributed by atoms with Gasteiger partial charge >= 0.3 is 0 Å². The maximum Gasteiger partial charge on any atom is 0.224 e. The number of halogens is 1. The molecule has 0 aliphatic heterocycles. The highest BCUT2D eigenvalue weighted by Gasteiger charge is 2.11. The Labute approximate surface area is 133 Å². The molecule has 0 aromatic carbocycles. The van der Waals surface area contributed by atoms with Crippen molar-refractivity contribution in [2.75, 3.05) is 25.4 Å². The van der Waals surface area contributed by atoms with Crippen LogP contribution >= 0.6 is 34.7 Å². The van der Waals surface area contributed by atoms with Gasteiger partial charge in [-0.1, -0.05) is 20.8 Å². The first-order chi connectivity index (χ1) is 9.67. The second-order valence-corrected chi connectivity index (χ2v) is 7.00. The molecule has 2 heterocycles. The predicted molar refractivity (Wildman–Crippen MR) is 90.3 cm³/mol. The fraction of sp³-hybridized carbons (Fsp3) is 0.571. The summed E-state index contributed by atoms with van der Waals surface area (Å²) in [4.78, 5) is 13.5. The van der Waals surface area contributed by atoms with Crippen LogP contribution in [0.3, 0.4) is 0 Å². The molecule has 0 amide bonds. The molecule has 0 saturated carbocycles. The van der Waals surface area contributed by atoms with Crippen LogP contribution in [-0.4, -0.2) is 40.3 Å². The zero-order chi connectivity index (χ0) is 14.5. The van der Waals surface area contributed by atoms with Crippen molar-refractivity contribution >= 4 is 44.9 Å². The number of aromatic nitrogens is 2. The fourth-order valence-electron chi connectivity index (χ4n) is 2.02. The van der Waals surface area contributed by atoms with Crippen molar-refractivity contribution in [1.82, 2.24) is 14.9 Å². The van der Waals surface area contributed by atoms with Gasteiger partial charge in [-0.2, -0.15) is 0 Å². The molecule has 0 bridgehead atoms. The minimum absolute atomic E-state index is 0.354. The van der Waals surface area contributed by atoms with Gasteiger partial charge in [-0.15, -0.1) is 23.1 Å². The van der Waals surface area contributed by atoms with E-state index in [4.69, 9.17) is 11.6 Å². The van der Waals surface area contributed by atoms with E-state index in [1.807, 2.05) is 0 Å². The molecule has 0 fully saturated rings. The van der Waals surface area contributed by atoms with E-state index < -0.39 is 0 Å². The molecular formula is C14H20ClN3S2. The second kappa shape index (κ2) is 7.59. The van der Waals surface area contributed by atoms with E-state index in [0.717, 1.165) is 47.1 Å². The van der Waals surface area contributed by atoms with Gasteiger partial charge in [-0.3, -0.25) is 0 Å². The van der Waals surface area contributed by atoms with Gasteiger partial charge in [-0.25, -0.2) is 9.97 Å². The summed E-state index contributed by atoms with van der Waals surface area (Å²) in [5, 5.41) is 2.52. The third-order valence-corrected chi connectivity index (χ3v) is 5.58. The minimum atomic E-state index is 0.354. The maximum absolute atomic E-state index is 6.03. The van der Waals surface area contributed by atoms with Crippen molar-refractivity contribution in [1.29, 1.82) is 0 Å². The molecule has 0 radical (unpaired) electrons. The minimum Gasteiger partial charge on any atom is -0.303 e. The van der Waals surface area contributed by atoms with Crippen LogP contribution in [0.2, 0.25) is 5.28 Å². The molecule has 0 unspecified atom stereocenters. The molecule has 0 aliphatic rings. The Morgan fingerprint density at radius 3 is 2.65 bits per heavy atom. The van der Waals surface area contributed by atoms with E-state index in [1.165, 1.54) is 4.88 Å². The Morgan fingerprint density at radius 2 is 2.00 bits per heavy atom. The largest absolute Gasteiger partial charge is 0.303 e. The van der Waals surface area contributed by atoms with Gasteiger partial charge in [0.2, 0.25) is 5.28 Å². The third kappa shape index (κ3) is 3.85. The molecular weight excluding hydrogens is 310 g/mol. The van der Waals surface area contributed by atoms with Crippen LogP contribution in [0.5, 0.6) is 0 Å². The number of thioether (sulfide) groups is 1. The lowest BCUT2D eigenvalue weighted by Gasteiger charge is -2.17. The number of hydrogen-bond donors (Lipinski definition) is 0. The Bertz CT molecular complexity index is 567. The number of nitrogens with zero attached hydrogens (tertiary/aromatic N) is 3. The molecule has 0 spiro atoms. The molecule has 0 saturated heterocycles. The van der Waals surface area contributed by atoms with Crippen molar-refractivity contribution in [2.24, 2.45) is 0 Å². The van der Waals surface area contributed by atoms with Gasteiger partial charge in [-0.05, 0) is 37.2 Å².